The van der Waals surface area contributed by atoms with Crippen molar-refractivity contribution in [2.24, 2.45) is 5.73 Å². The van der Waals surface area contributed by atoms with E-state index in [1.54, 1.807) is 7.11 Å². The second-order valence-corrected chi connectivity index (χ2v) is 3.20. The molecule has 0 aliphatic rings. The zero-order chi connectivity index (χ0) is 11.1. The summed E-state index contributed by atoms with van der Waals surface area (Å²) in [5, 5.41) is 8.86. The number of aliphatic hydroxyl groups is 1. The Balaban J connectivity index is 2.49. The highest BCUT2D eigenvalue weighted by atomic mass is 16.5. The van der Waals surface area contributed by atoms with E-state index in [1.165, 1.54) is 0 Å². The van der Waals surface area contributed by atoms with Crippen molar-refractivity contribution in [3.63, 3.8) is 0 Å². The summed E-state index contributed by atoms with van der Waals surface area (Å²) < 4.78 is 10.3. The summed E-state index contributed by atoms with van der Waals surface area (Å²) in [6.07, 6.45) is 0. The summed E-state index contributed by atoms with van der Waals surface area (Å²) in [7, 11) is 1.63. The van der Waals surface area contributed by atoms with Crippen LogP contribution in [-0.4, -0.2) is 32.0 Å². The van der Waals surface area contributed by atoms with Crippen molar-refractivity contribution in [1.29, 1.82) is 0 Å². The van der Waals surface area contributed by atoms with Crippen LogP contribution in [0.15, 0.2) is 24.3 Å². The molecule has 3 N–H and O–H groups in total. The smallest absolute Gasteiger partial charge is 0.119 e. The Bertz CT molecular complexity index is 274. The minimum absolute atomic E-state index is 0.0517. The number of hydrogen-bond acceptors (Lipinski definition) is 4. The lowest BCUT2D eigenvalue weighted by molar-refractivity contribution is 0.146. The minimum atomic E-state index is -0.321. The van der Waals surface area contributed by atoms with Gasteiger partial charge in [-0.05, 0) is 17.7 Å². The molecule has 0 aliphatic carbocycles. The molecule has 0 heterocycles. The molecule has 0 aliphatic heterocycles. The van der Waals surface area contributed by atoms with Crippen LogP contribution in [0.5, 0.6) is 5.75 Å². The van der Waals surface area contributed by atoms with E-state index >= 15 is 0 Å². The maximum absolute atomic E-state index is 8.86. The molecular formula is C11H17NO3. The van der Waals surface area contributed by atoms with Gasteiger partial charge in [-0.1, -0.05) is 12.1 Å². The third kappa shape index (κ3) is 3.87. The van der Waals surface area contributed by atoms with Gasteiger partial charge in [0.25, 0.3) is 0 Å². The van der Waals surface area contributed by atoms with Gasteiger partial charge in [0.05, 0.1) is 19.3 Å². The van der Waals surface area contributed by atoms with Crippen LogP contribution in [0, 0.1) is 0 Å². The zero-order valence-electron chi connectivity index (χ0n) is 8.85. The van der Waals surface area contributed by atoms with Crippen molar-refractivity contribution in [3.8, 4) is 5.75 Å². The van der Waals surface area contributed by atoms with Crippen molar-refractivity contribution >= 4 is 0 Å². The average molecular weight is 211 g/mol. The first-order valence-electron chi connectivity index (χ1n) is 4.86. The van der Waals surface area contributed by atoms with E-state index in [1.807, 2.05) is 24.3 Å². The first-order chi connectivity index (χ1) is 7.27. The van der Waals surface area contributed by atoms with E-state index in [2.05, 4.69) is 0 Å². The molecule has 0 unspecified atom stereocenters. The molecule has 1 aromatic carbocycles. The minimum Gasteiger partial charge on any atom is -0.491 e. The molecule has 1 atom stereocenters. The number of rotatable bonds is 6. The van der Waals surface area contributed by atoms with Crippen LogP contribution in [0.2, 0.25) is 0 Å². The van der Waals surface area contributed by atoms with Crippen LogP contribution in [0.3, 0.4) is 0 Å². The summed E-state index contributed by atoms with van der Waals surface area (Å²) in [5.74, 6) is 0.779. The van der Waals surface area contributed by atoms with Gasteiger partial charge in [0.1, 0.15) is 12.4 Å². The molecule has 84 valence electrons. The lowest BCUT2D eigenvalue weighted by Crippen LogP contribution is -2.14. The van der Waals surface area contributed by atoms with Crippen molar-refractivity contribution < 1.29 is 14.6 Å². The molecule has 0 spiro atoms. The molecule has 4 nitrogen and oxygen atoms in total. The molecule has 0 saturated carbocycles. The van der Waals surface area contributed by atoms with Crippen LogP contribution in [0.4, 0.5) is 0 Å². The van der Waals surface area contributed by atoms with Crippen molar-refractivity contribution in [2.45, 2.75) is 6.04 Å². The van der Waals surface area contributed by atoms with Gasteiger partial charge in [0.2, 0.25) is 0 Å². The van der Waals surface area contributed by atoms with E-state index in [4.69, 9.17) is 20.3 Å². The fourth-order valence-corrected chi connectivity index (χ4v) is 1.16. The van der Waals surface area contributed by atoms with Gasteiger partial charge in [0.15, 0.2) is 0 Å². The molecule has 4 heteroatoms. The molecule has 1 aromatic rings. The molecule has 0 bridgehead atoms. The molecule has 0 saturated heterocycles. The Kier molecular flexibility index (Phi) is 5.10. The van der Waals surface area contributed by atoms with E-state index < -0.39 is 0 Å². The third-order valence-corrected chi connectivity index (χ3v) is 2.06. The lowest BCUT2D eigenvalue weighted by atomic mass is 10.1. The molecule has 0 fully saturated rings. The number of aliphatic hydroxyl groups excluding tert-OH is 1. The number of ether oxygens (including phenoxy) is 2. The van der Waals surface area contributed by atoms with Gasteiger partial charge in [-0.25, -0.2) is 0 Å². The van der Waals surface area contributed by atoms with Crippen LogP contribution in [-0.2, 0) is 4.74 Å². The van der Waals surface area contributed by atoms with Crippen LogP contribution in [0.25, 0.3) is 0 Å². The Hall–Kier alpha value is -1.10. The van der Waals surface area contributed by atoms with Crippen LogP contribution in [0.1, 0.15) is 11.6 Å². The molecule has 0 radical (unpaired) electrons. The van der Waals surface area contributed by atoms with Crippen LogP contribution < -0.4 is 10.5 Å². The van der Waals surface area contributed by atoms with E-state index in [9.17, 15) is 0 Å². The molecule has 0 amide bonds. The Morgan fingerprint density at radius 1 is 1.27 bits per heavy atom. The van der Waals surface area contributed by atoms with E-state index in [0.717, 1.165) is 11.3 Å². The first-order valence-corrected chi connectivity index (χ1v) is 4.86. The molecule has 1 rings (SSSR count). The second-order valence-electron chi connectivity index (χ2n) is 3.20. The van der Waals surface area contributed by atoms with Gasteiger partial charge in [-0.2, -0.15) is 0 Å². The predicted molar refractivity (Wildman–Crippen MR) is 57.8 cm³/mol. The van der Waals surface area contributed by atoms with Gasteiger partial charge in [0, 0.05) is 7.11 Å². The highest BCUT2D eigenvalue weighted by molar-refractivity contribution is 5.29. The predicted octanol–water partition coefficient (Wildman–Crippen LogP) is 0.704. The second kappa shape index (κ2) is 6.40. The normalized spacial score (nSPS) is 12.5. The Morgan fingerprint density at radius 2 is 1.93 bits per heavy atom. The quantitative estimate of drug-likeness (QED) is 0.680. The first kappa shape index (κ1) is 12.0. The van der Waals surface area contributed by atoms with Crippen molar-refractivity contribution in [1.82, 2.24) is 0 Å². The monoisotopic (exact) mass is 211 g/mol. The van der Waals surface area contributed by atoms with Gasteiger partial charge < -0.3 is 20.3 Å². The Morgan fingerprint density at radius 3 is 2.47 bits per heavy atom. The summed E-state index contributed by atoms with van der Waals surface area (Å²) in [4.78, 5) is 0. The fourth-order valence-electron chi connectivity index (χ4n) is 1.16. The van der Waals surface area contributed by atoms with Crippen molar-refractivity contribution in [3.05, 3.63) is 29.8 Å². The molecule has 0 aromatic heterocycles. The maximum Gasteiger partial charge on any atom is 0.119 e. The van der Waals surface area contributed by atoms with Crippen LogP contribution >= 0.6 is 0 Å². The summed E-state index contributed by atoms with van der Waals surface area (Å²) in [5.41, 5.74) is 6.55. The van der Waals surface area contributed by atoms with E-state index in [-0.39, 0.29) is 12.6 Å². The molecule has 15 heavy (non-hydrogen) atoms. The highest BCUT2D eigenvalue weighted by Crippen LogP contribution is 2.15. The van der Waals surface area contributed by atoms with E-state index in [0.29, 0.717) is 13.2 Å². The summed E-state index contributed by atoms with van der Waals surface area (Å²) in [6.45, 7) is 1.05. The average Bonchev–Trinajstić information content (AvgIpc) is 2.29. The Labute approximate surface area is 89.6 Å². The highest BCUT2D eigenvalue weighted by Gasteiger charge is 2.03. The molecular weight excluding hydrogens is 194 g/mol. The fraction of sp³-hybridized carbons (Fsp3) is 0.455. The zero-order valence-corrected chi connectivity index (χ0v) is 8.85. The standard InChI is InChI=1S/C11H17NO3/c1-14-6-7-15-10-4-2-9(3-5-10)11(12)8-13/h2-5,11,13H,6-8,12H2,1H3/t11-/m1/s1. The lowest BCUT2D eigenvalue weighted by Gasteiger charge is -2.10. The number of methoxy groups -OCH3 is 1. The van der Waals surface area contributed by atoms with Gasteiger partial charge in [-0.3, -0.25) is 0 Å². The summed E-state index contributed by atoms with van der Waals surface area (Å²) >= 11 is 0. The summed E-state index contributed by atoms with van der Waals surface area (Å²) in [6, 6.07) is 7.05. The third-order valence-electron chi connectivity index (χ3n) is 2.06. The number of benzene rings is 1. The van der Waals surface area contributed by atoms with Crippen molar-refractivity contribution in [2.75, 3.05) is 26.9 Å². The number of nitrogens with two attached hydrogens (primary N) is 1. The maximum atomic E-state index is 8.86. The topological polar surface area (TPSA) is 64.7 Å². The van der Waals surface area contributed by atoms with Gasteiger partial charge in [-0.15, -0.1) is 0 Å². The largest absolute Gasteiger partial charge is 0.491 e. The van der Waals surface area contributed by atoms with Gasteiger partial charge >= 0.3 is 0 Å². The SMILES string of the molecule is COCCOc1ccc([C@H](N)CO)cc1. The number of hydrogen-bond donors (Lipinski definition) is 2.